The van der Waals surface area contributed by atoms with Gasteiger partial charge in [-0.2, -0.15) is 0 Å². The molecule has 1 nitrogen and oxygen atoms in total. The van der Waals surface area contributed by atoms with E-state index in [2.05, 4.69) is 0 Å². The molecule has 3 heteroatoms. The Morgan fingerprint density at radius 1 is 1.31 bits per heavy atom. The summed E-state index contributed by atoms with van der Waals surface area (Å²) in [5.74, 6) is 0. The first kappa shape index (κ1) is 10.6. The van der Waals surface area contributed by atoms with Crippen molar-refractivity contribution in [1.29, 1.82) is 0 Å². The lowest BCUT2D eigenvalue weighted by Gasteiger charge is -1.98. The van der Waals surface area contributed by atoms with Crippen LogP contribution in [0.15, 0.2) is 24.3 Å². The van der Waals surface area contributed by atoms with Crippen LogP contribution >= 0.6 is 23.2 Å². The zero-order valence-corrected chi connectivity index (χ0v) is 8.81. The average molecular weight is 216 g/mol. The van der Waals surface area contributed by atoms with Crippen molar-refractivity contribution in [3.8, 4) is 0 Å². The fraction of sp³-hybridized carbons (Fsp3) is 0.200. The molecule has 0 fully saturated rings. The minimum atomic E-state index is 0.0504. The summed E-state index contributed by atoms with van der Waals surface area (Å²) in [5, 5.41) is 1.13. The van der Waals surface area contributed by atoms with Gasteiger partial charge in [0, 0.05) is 6.04 Å². The number of benzene rings is 1. The van der Waals surface area contributed by atoms with Gasteiger partial charge in [0.05, 0.1) is 10.0 Å². The third-order valence-electron chi connectivity index (χ3n) is 1.54. The van der Waals surface area contributed by atoms with Gasteiger partial charge in [0.2, 0.25) is 0 Å². The molecular weight excluding hydrogens is 205 g/mol. The van der Waals surface area contributed by atoms with E-state index in [0.717, 1.165) is 5.56 Å². The maximum absolute atomic E-state index is 5.83. The van der Waals surface area contributed by atoms with E-state index in [-0.39, 0.29) is 6.04 Å². The first-order valence-corrected chi connectivity index (χ1v) is 4.74. The quantitative estimate of drug-likeness (QED) is 0.805. The lowest BCUT2D eigenvalue weighted by molar-refractivity contribution is 0.931. The molecule has 0 aliphatic rings. The van der Waals surface area contributed by atoms with Gasteiger partial charge in [-0.15, -0.1) is 0 Å². The molecule has 0 radical (unpaired) electrons. The topological polar surface area (TPSA) is 26.0 Å². The number of nitrogens with two attached hydrogens (primary N) is 1. The molecule has 1 aromatic carbocycles. The molecule has 0 aliphatic carbocycles. The molecule has 70 valence electrons. The molecular formula is C10H11Cl2N. The Hall–Kier alpha value is -0.500. The fourth-order valence-electron chi connectivity index (χ4n) is 0.879. The van der Waals surface area contributed by atoms with Gasteiger partial charge in [-0.05, 0) is 24.6 Å². The number of hydrogen-bond acceptors (Lipinski definition) is 1. The molecule has 2 N–H and O–H groups in total. The standard InChI is InChI=1S/C10H11Cl2N/c1-7(13)2-3-8-4-5-9(11)10(12)6-8/h2-7H,13H2,1H3/b3-2+. The third kappa shape index (κ3) is 3.39. The highest BCUT2D eigenvalue weighted by Crippen LogP contribution is 2.23. The first-order chi connectivity index (χ1) is 6.09. The van der Waals surface area contributed by atoms with E-state index in [1.807, 2.05) is 31.2 Å². The van der Waals surface area contributed by atoms with Gasteiger partial charge in [0.1, 0.15) is 0 Å². The summed E-state index contributed by atoms with van der Waals surface area (Å²) in [4.78, 5) is 0. The average Bonchev–Trinajstić information content (AvgIpc) is 2.07. The Bertz CT molecular complexity index is 319. The van der Waals surface area contributed by atoms with Crippen LogP contribution in [0.1, 0.15) is 12.5 Å². The van der Waals surface area contributed by atoms with Gasteiger partial charge >= 0.3 is 0 Å². The first-order valence-electron chi connectivity index (χ1n) is 3.98. The second-order valence-corrected chi connectivity index (χ2v) is 3.71. The summed E-state index contributed by atoms with van der Waals surface area (Å²) >= 11 is 11.6. The van der Waals surface area contributed by atoms with Gasteiger partial charge in [0.15, 0.2) is 0 Å². The van der Waals surface area contributed by atoms with E-state index < -0.39 is 0 Å². The molecule has 0 heterocycles. The van der Waals surface area contributed by atoms with Gasteiger partial charge in [0.25, 0.3) is 0 Å². The van der Waals surface area contributed by atoms with E-state index >= 15 is 0 Å². The molecule has 0 aromatic heterocycles. The normalized spacial score (nSPS) is 13.5. The number of halogens is 2. The van der Waals surface area contributed by atoms with Crippen molar-refractivity contribution in [2.45, 2.75) is 13.0 Å². The molecule has 0 bridgehead atoms. The lowest BCUT2D eigenvalue weighted by atomic mass is 10.2. The Morgan fingerprint density at radius 2 is 2.00 bits per heavy atom. The highest BCUT2D eigenvalue weighted by atomic mass is 35.5. The summed E-state index contributed by atoms with van der Waals surface area (Å²) < 4.78 is 0. The van der Waals surface area contributed by atoms with Crippen molar-refractivity contribution >= 4 is 29.3 Å². The van der Waals surface area contributed by atoms with Crippen LogP contribution in [0.2, 0.25) is 10.0 Å². The maximum atomic E-state index is 5.83. The van der Waals surface area contributed by atoms with Gasteiger partial charge in [-0.1, -0.05) is 41.4 Å². The van der Waals surface area contributed by atoms with Crippen LogP contribution in [0.5, 0.6) is 0 Å². The van der Waals surface area contributed by atoms with Crippen molar-refractivity contribution < 1.29 is 0 Å². The van der Waals surface area contributed by atoms with Gasteiger partial charge in [-0.3, -0.25) is 0 Å². The molecule has 1 aromatic rings. The monoisotopic (exact) mass is 215 g/mol. The second kappa shape index (κ2) is 4.66. The predicted octanol–water partition coefficient (Wildman–Crippen LogP) is 3.35. The summed E-state index contributed by atoms with van der Waals surface area (Å²) in [7, 11) is 0. The van der Waals surface area contributed by atoms with Crippen LogP contribution in [-0.2, 0) is 0 Å². The molecule has 0 saturated carbocycles. The van der Waals surface area contributed by atoms with E-state index in [9.17, 15) is 0 Å². The number of hydrogen-bond donors (Lipinski definition) is 1. The predicted molar refractivity (Wildman–Crippen MR) is 59.1 cm³/mol. The molecule has 1 unspecified atom stereocenters. The van der Waals surface area contributed by atoms with Crippen LogP contribution in [0.4, 0.5) is 0 Å². The zero-order chi connectivity index (χ0) is 9.84. The highest BCUT2D eigenvalue weighted by Gasteiger charge is 1.96. The van der Waals surface area contributed by atoms with Gasteiger partial charge < -0.3 is 5.73 Å². The van der Waals surface area contributed by atoms with Gasteiger partial charge in [-0.25, -0.2) is 0 Å². The van der Waals surface area contributed by atoms with E-state index in [0.29, 0.717) is 10.0 Å². The van der Waals surface area contributed by atoms with Crippen molar-refractivity contribution in [2.24, 2.45) is 5.73 Å². The Labute approximate surface area is 88.1 Å². The largest absolute Gasteiger partial charge is 0.325 e. The third-order valence-corrected chi connectivity index (χ3v) is 2.27. The van der Waals surface area contributed by atoms with E-state index in [4.69, 9.17) is 28.9 Å². The van der Waals surface area contributed by atoms with E-state index in [1.165, 1.54) is 0 Å². The van der Waals surface area contributed by atoms with Crippen LogP contribution in [-0.4, -0.2) is 6.04 Å². The molecule has 13 heavy (non-hydrogen) atoms. The molecule has 0 amide bonds. The SMILES string of the molecule is CC(N)/C=C/c1ccc(Cl)c(Cl)c1. The minimum absolute atomic E-state index is 0.0504. The van der Waals surface area contributed by atoms with Crippen molar-refractivity contribution in [3.63, 3.8) is 0 Å². The van der Waals surface area contributed by atoms with Crippen molar-refractivity contribution in [3.05, 3.63) is 39.9 Å². The minimum Gasteiger partial charge on any atom is -0.325 e. The van der Waals surface area contributed by atoms with Crippen molar-refractivity contribution in [2.75, 3.05) is 0 Å². The van der Waals surface area contributed by atoms with Crippen LogP contribution in [0.25, 0.3) is 6.08 Å². The summed E-state index contributed by atoms with van der Waals surface area (Å²) in [5.41, 5.74) is 6.57. The number of rotatable bonds is 2. The summed E-state index contributed by atoms with van der Waals surface area (Å²) in [6, 6.07) is 5.52. The summed E-state index contributed by atoms with van der Waals surface area (Å²) in [6.45, 7) is 1.91. The fourth-order valence-corrected chi connectivity index (χ4v) is 1.19. The Balaban J connectivity index is 2.85. The highest BCUT2D eigenvalue weighted by molar-refractivity contribution is 6.42. The Morgan fingerprint density at radius 3 is 2.54 bits per heavy atom. The molecule has 1 atom stereocenters. The molecule has 0 saturated heterocycles. The molecule has 0 aliphatic heterocycles. The maximum Gasteiger partial charge on any atom is 0.0598 e. The van der Waals surface area contributed by atoms with Crippen LogP contribution in [0, 0.1) is 0 Å². The van der Waals surface area contributed by atoms with Crippen molar-refractivity contribution in [1.82, 2.24) is 0 Å². The van der Waals surface area contributed by atoms with Crippen LogP contribution in [0.3, 0.4) is 0 Å². The lowest BCUT2D eigenvalue weighted by Crippen LogP contribution is -2.09. The van der Waals surface area contributed by atoms with E-state index in [1.54, 1.807) is 6.07 Å². The zero-order valence-electron chi connectivity index (χ0n) is 7.30. The molecule has 0 spiro atoms. The smallest absolute Gasteiger partial charge is 0.0598 e. The Kier molecular flexibility index (Phi) is 3.79. The molecule has 1 rings (SSSR count). The second-order valence-electron chi connectivity index (χ2n) is 2.89. The summed E-state index contributed by atoms with van der Waals surface area (Å²) in [6.07, 6.45) is 3.83. The van der Waals surface area contributed by atoms with Crippen LogP contribution < -0.4 is 5.73 Å².